The van der Waals surface area contributed by atoms with E-state index in [0.29, 0.717) is 0 Å². The second-order valence-electron chi connectivity index (χ2n) is 5.12. The Morgan fingerprint density at radius 1 is 1.10 bits per heavy atom. The Kier molecular flexibility index (Phi) is 3.75. The fraction of sp³-hybridized carbons (Fsp3) is 0.188. The second-order valence-corrected chi connectivity index (χ2v) is 5.12. The van der Waals surface area contributed by atoms with Crippen molar-refractivity contribution in [2.45, 2.75) is 6.54 Å². The van der Waals surface area contributed by atoms with Crippen LogP contribution in [0.2, 0.25) is 0 Å². The lowest BCUT2D eigenvalue weighted by atomic mass is 10.1. The molecule has 5 nitrogen and oxygen atoms in total. The monoisotopic (exact) mass is 279 g/mol. The van der Waals surface area contributed by atoms with Gasteiger partial charge in [-0.15, -0.1) is 0 Å². The van der Waals surface area contributed by atoms with E-state index in [1.54, 1.807) is 6.20 Å². The van der Waals surface area contributed by atoms with Crippen LogP contribution < -0.4 is 0 Å². The smallest absolute Gasteiger partial charge is 0.156 e. The van der Waals surface area contributed by atoms with Crippen LogP contribution in [0.25, 0.3) is 17.1 Å². The Labute approximate surface area is 123 Å². The Balaban J connectivity index is 2.07. The third-order valence-corrected chi connectivity index (χ3v) is 3.12. The Bertz CT molecular complexity index is 704. The highest BCUT2D eigenvalue weighted by atomic mass is 15.3. The van der Waals surface area contributed by atoms with Crippen molar-refractivity contribution in [2.75, 3.05) is 14.1 Å². The van der Waals surface area contributed by atoms with Crippen molar-refractivity contribution in [3.8, 4) is 17.1 Å². The lowest BCUT2D eigenvalue weighted by molar-refractivity contribution is 0.403. The number of aromatic nitrogens is 4. The molecule has 3 aromatic rings. The molecule has 0 unspecified atom stereocenters. The van der Waals surface area contributed by atoms with E-state index in [9.17, 15) is 0 Å². The van der Waals surface area contributed by atoms with Crippen molar-refractivity contribution in [1.82, 2.24) is 24.6 Å². The summed E-state index contributed by atoms with van der Waals surface area (Å²) in [5.74, 6) is 0.771. The minimum absolute atomic E-state index is 0.771. The Morgan fingerprint density at radius 3 is 2.57 bits per heavy atom. The van der Waals surface area contributed by atoms with E-state index in [1.807, 2.05) is 35.1 Å². The fourth-order valence-electron chi connectivity index (χ4n) is 2.24. The minimum atomic E-state index is 0.771. The largest absolute Gasteiger partial charge is 0.305 e. The molecule has 0 spiro atoms. The lowest BCUT2D eigenvalue weighted by Crippen LogP contribution is -2.10. The van der Waals surface area contributed by atoms with Crippen molar-refractivity contribution in [3.05, 3.63) is 60.7 Å². The highest BCUT2D eigenvalue weighted by Crippen LogP contribution is 2.23. The number of nitrogens with zero attached hydrogens (tertiary/aromatic N) is 5. The van der Waals surface area contributed by atoms with Gasteiger partial charge in [0.05, 0.1) is 5.69 Å². The maximum absolute atomic E-state index is 4.70. The second kappa shape index (κ2) is 5.85. The van der Waals surface area contributed by atoms with Crippen LogP contribution in [0, 0.1) is 0 Å². The van der Waals surface area contributed by atoms with E-state index in [0.717, 1.165) is 23.6 Å². The van der Waals surface area contributed by atoms with Crippen molar-refractivity contribution >= 4 is 0 Å². The molecule has 106 valence electrons. The summed E-state index contributed by atoms with van der Waals surface area (Å²) in [5.41, 5.74) is 3.27. The molecule has 2 aromatic heterocycles. The van der Waals surface area contributed by atoms with Crippen LogP contribution in [0.3, 0.4) is 0 Å². The van der Waals surface area contributed by atoms with E-state index in [1.165, 1.54) is 11.9 Å². The van der Waals surface area contributed by atoms with Gasteiger partial charge in [-0.1, -0.05) is 30.3 Å². The predicted molar refractivity (Wildman–Crippen MR) is 82.0 cm³/mol. The minimum Gasteiger partial charge on any atom is -0.305 e. The molecule has 0 atom stereocenters. The Hall–Kier alpha value is -2.53. The van der Waals surface area contributed by atoms with Gasteiger partial charge in [0.15, 0.2) is 5.82 Å². The summed E-state index contributed by atoms with van der Waals surface area (Å²) in [5, 5.41) is 4.70. The van der Waals surface area contributed by atoms with Crippen LogP contribution in [0.1, 0.15) is 5.56 Å². The number of hydrogen-bond donors (Lipinski definition) is 0. The normalized spacial score (nSPS) is 11.0. The topological polar surface area (TPSA) is 46.8 Å². The molecule has 2 heterocycles. The number of benzene rings is 1. The molecule has 3 rings (SSSR count). The first-order valence-electron chi connectivity index (χ1n) is 6.79. The molecule has 0 radical (unpaired) electrons. The van der Waals surface area contributed by atoms with Crippen molar-refractivity contribution in [1.29, 1.82) is 0 Å². The number of rotatable bonds is 4. The van der Waals surface area contributed by atoms with E-state index in [-0.39, 0.29) is 0 Å². The maximum Gasteiger partial charge on any atom is 0.156 e. The first-order valence-corrected chi connectivity index (χ1v) is 6.79. The molecule has 0 N–H and O–H groups in total. The zero-order valence-corrected chi connectivity index (χ0v) is 12.1. The Morgan fingerprint density at radius 2 is 1.90 bits per heavy atom. The molecule has 0 saturated carbocycles. The fourth-order valence-corrected chi connectivity index (χ4v) is 2.24. The summed E-state index contributed by atoms with van der Waals surface area (Å²) in [6.45, 7) is 0.829. The molecule has 0 bridgehead atoms. The average Bonchev–Trinajstić information content (AvgIpc) is 2.92. The van der Waals surface area contributed by atoms with Crippen LogP contribution in [-0.2, 0) is 6.54 Å². The lowest BCUT2D eigenvalue weighted by Gasteiger charge is -2.08. The third-order valence-electron chi connectivity index (χ3n) is 3.12. The summed E-state index contributed by atoms with van der Waals surface area (Å²) in [6, 6.07) is 12.1. The molecule has 0 aliphatic rings. The number of hydrogen-bond acceptors (Lipinski definition) is 4. The SMILES string of the molecule is CN(C)Cc1cn(-c2ccncn2)nc1-c1ccccc1. The van der Waals surface area contributed by atoms with Gasteiger partial charge >= 0.3 is 0 Å². The molecule has 0 amide bonds. The molecule has 0 fully saturated rings. The zero-order chi connectivity index (χ0) is 14.7. The highest BCUT2D eigenvalue weighted by molar-refractivity contribution is 5.62. The molecular formula is C16H17N5. The maximum atomic E-state index is 4.70. The van der Waals surface area contributed by atoms with Gasteiger partial charge in [-0.25, -0.2) is 14.6 Å². The zero-order valence-electron chi connectivity index (χ0n) is 12.1. The highest BCUT2D eigenvalue weighted by Gasteiger charge is 2.13. The van der Waals surface area contributed by atoms with Gasteiger partial charge < -0.3 is 4.90 Å². The van der Waals surface area contributed by atoms with E-state index in [2.05, 4.69) is 41.1 Å². The van der Waals surface area contributed by atoms with Gasteiger partial charge in [-0.2, -0.15) is 5.10 Å². The molecule has 0 aliphatic heterocycles. The van der Waals surface area contributed by atoms with E-state index in [4.69, 9.17) is 5.10 Å². The van der Waals surface area contributed by atoms with Crippen LogP contribution in [-0.4, -0.2) is 38.7 Å². The first-order chi connectivity index (χ1) is 10.2. The van der Waals surface area contributed by atoms with Crippen LogP contribution in [0.15, 0.2) is 55.1 Å². The van der Waals surface area contributed by atoms with Gasteiger partial charge in [0.1, 0.15) is 6.33 Å². The summed E-state index contributed by atoms with van der Waals surface area (Å²) in [4.78, 5) is 10.3. The summed E-state index contributed by atoms with van der Waals surface area (Å²) >= 11 is 0. The predicted octanol–water partition coefficient (Wildman–Crippen LogP) is 2.39. The van der Waals surface area contributed by atoms with E-state index >= 15 is 0 Å². The molecule has 21 heavy (non-hydrogen) atoms. The average molecular weight is 279 g/mol. The van der Waals surface area contributed by atoms with Gasteiger partial charge in [0.2, 0.25) is 0 Å². The quantitative estimate of drug-likeness (QED) is 0.735. The molecule has 1 aromatic carbocycles. The standard InChI is InChI=1S/C16H17N5/c1-20(2)10-14-11-21(15-8-9-17-12-18-15)19-16(14)13-6-4-3-5-7-13/h3-9,11-12H,10H2,1-2H3. The van der Waals surface area contributed by atoms with Gasteiger partial charge in [0.25, 0.3) is 0 Å². The van der Waals surface area contributed by atoms with Crippen molar-refractivity contribution < 1.29 is 0 Å². The van der Waals surface area contributed by atoms with Crippen molar-refractivity contribution in [2.24, 2.45) is 0 Å². The molecular weight excluding hydrogens is 262 g/mol. The third kappa shape index (κ3) is 2.98. The van der Waals surface area contributed by atoms with Gasteiger partial charge in [-0.3, -0.25) is 0 Å². The van der Waals surface area contributed by atoms with Crippen LogP contribution >= 0.6 is 0 Å². The van der Waals surface area contributed by atoms with Gasteiger partial charge in [0, 0.05) is 36.1 Å². The van der Waals surface area contributed by atoms with Crippen LogP contribution in [0.5, 0.6) is 0 Å². The first kappa shape index (κ1) is 13.5. The molecule has 0 saturated heterocycles. The van der Waals surface area contributed by atoms with Crippen molar-refractivity contribution in [3.63, 3.8) is 0 Å². The summed E-state index contributed by atoms with van der Waals surface area (Å²) in [6.07, 6.45) is 5.29. The molecule has 0 aliphatic carbocycles. The summed E-state index contributed by atoms with van der Waals surface area (Å²) < 4.78 is 1.81. The summed E-state index contributed by atoms with van der Waals surface area (Å²) in [7, 11) is 4.10. The molecule has 5 heteroatoms. The van der Waals surface area contributed by atoms with E-state index < -0.39 is 0 Å². The van der Waals surface area contributed by atoms with Gasteiger partial charge in [-0.05, 0) is 14.1 Å². The van der Waals surface area contributed by atoms with Crippen LogP contribution in [0.4, 0.5) is 0 Å².